The molecule has 4 nitrogen and oxygen atoms in total. The first-order valence-corrected chi connectivity index (χ1v) is 9.24. The lowest BCUT2D eigenvalue weighted by atomic mass is 9.73. The number of hydrogen-bond acceptors (Lipinski definition) is 3. The Kier molecular flexibility index (Phi) is 4.70. The number of esters is 1. The molecule has 0 aromatic heterocycles. The van der Waals surface area contributed by atoms with E-state index < -0.39 is 11.4 Å². The van der Waals surface area contributed by atoms with Gasteiger partial charge in [-0.15, -0.1) is 0 Å². The van der Waals surface area contributed by atoms with Crippen LogP contribution < -0.4 is 4.90 Å². The normalized spacial score (nSPS) is 18.0. The fraction of sp³-hybridized carbons (Fsp3) is 0.167. The summed E-state index contributed by atoms with van der Waals surface area (Å²) in [5.74, 6) is -0.511. The zero-order valence-electron chi connectivity index (χ0n) is 15.7. The molecule has 4 rings (SSSR count). The first-order chi connectivity index (χ1) is 13.7. The van der Waals surface area contributed by atoms with Crippen LogP contribution in [-0.4, -0.2) is 19.0 Å². The van der Waals surface area contributed by atoms with Crippen LogP contribution in [0.2, 0.25) is 0 Å². The van der Waals surface area contributed by atoms with Crippen molar-refractivity contribution in [2.75, 3.05) is 12.0 Å². The second-order valence-corrected chi connectivity index (χ2v) is 6.92. The van der Waals surface area contributed by atoms with Crippen LogP contribution in [0.3, 0.4) is 0 Å². The molecule has 3 aromatic rings. The summed E-state index contributed by atoms with van der Waals surface area (Å²) in [4.78, 5) is 28.0. The summed E-state index contributed by atoms with van der Waals surface area (Å²) in [6, 6.07) is 27.1. The maximum atomic E-state index is 13.9. The Hall–Kier alpha value is -3.40. The van der Waals surface area contributed by atoms with Crippen molar-refractivity contribution >= 4 is 17.6 Å². The van der Waals surface area contributed by atoms with Gasteiger partial charge in [-0.25, -0.2) is 0 Å². The Morgan fingerprint density at radius 3 is 2.18 bits per heavy atom. The van der Waals surface area contributed by atoms with Crippen molar-refractivity contribution < 1.29 is 14.3 Å². The topological polar surface area (TPSA) is 46.6 Å². The molecule has 0 aliphatic carbocycles. The average Bonchev–Trinajstić information content (AvgIpc) is 2.98. The Bertz CT molecular complexity index is 1000. The standard InChI is InChI=1S/C24H21NO3/c1-28-22(26)16-24(19-12-6-3-7-13-19)20-14-8-9-15-21(20)25(23(24)27)17-18-10-4-2-5-11-18/h2-15H,16-17H2,1H3/t24-/m0/s1. The number of carbonyl (C=O) groups is 2. The molecular weight excluding hydrogens is 350 g/mol. The van der Waals surface area contributed by atoms with E-state index in [1.54, 1.807) is 4.90 Å². The van der Waals surface area contributed by atoms with Crippen LogP contribution in [0.15, 0.2) is 84.9 Å². The van der Waals surface area contributed by atoms with Crippen molar-refractivity contribution in [1.29, 1.82) is 0 Å². The molecule has 0 bridgehead atoms. The summed E-state index contributed by atoms with van der Waals surface area (Å²) in [6.07, 6.45) is -0.0331. The third-order valence-electron chi connectivity index (χ3n) is 5.35. The Morgan fingerprint density at radius 2 is 1.50 bits per heavy atom. The molecule has 0 fully saturated rings. The molecule has 28 heavy (non-hydrogen) atoms. The van der Waals surface area contributed by atoms with Crippen molar-refractivity contribution in [2.24, 2.45) is 0 Å². The zero-order valence-corrected chi connectivity index (χ0v) is 15.7. The highest BCUT2D eigenvalue weighted by molar-refractivity contribution is 6.12. The summed E-state index contributed by atoms with van der Waals surface area (Å²) >= 11 is 0. The first-order valence-electron chi connectivity index (χ1n) is 9.24. The predicted molar refractivity (Wildman–Crippen MR) is 108 cm³/mol. The van der Waals surface area contributed by atoms with Gasteiger partial charge in [-0.2, -0.15) is 0 Å². The number of amides is 1. The molecule has 0 saturated carbocycles. The van der Waals surface area contributed by atoms with Crippen LogP contribution in [0.1, 0.15) is 23.1 Å². The van der Waals surface area contributed by atoms with Gasteiger partial charge in [-0.3, -0.25) is 9.59 Å². The number of hydrogen-bond donors (Lipinski definition) is 0. The van der Waals surface area contributed by atoms with Gasteiger partial charge < -0.3 is 9.64 Å². The molecule has 0 saturated heterocycles. The highest BCUT2D eigenvalue weighted by Crippen LogP contribution is 2.48. The minimum Gasteiger partial charge on any atom is -0.469 e. The van der Waals surface area contributed by atoms with Crippen molar-refractivity contribution in [3.63, 3.8) is 0 Å². The summed E-state index contributed by atoms with van der Waals surface area (Å²) in [5.41, 5.74) is 2.43. The Labute approximate surface area is 164 Å². The number of methoxy groups -OCH3 is 1. The lowest BCUT2D eigenvalue weighted by Gasteiger charge is -2.28. The maximum Gasteiger partial charge on any atom is 0.307 e. The molecule has 1 atom stereocenters. The second kappa shape index (κ2) is 7.31. The largest absolute Gasteiger partial charge is 0.469 e. The summed E-state index contributed by atoms with van der Waals surface area (Å²) in [5, 5.41) is 0. The third-order valence-corrected chi connectivity index (χ3v) is 5.35. The van der Waals surface area contributed by atoms with Gasteiger partial charge in [0, 0.05) is 5.69 Å². The van der Waals surface area contributed by atoms with Crippen molar-refractivity contribution in [3.8, 4) is 0 Å². The maximum absolute atomic E-state index is 13.9. The van der Waals surface area contributed by atoms with Crippen LogP contribution in [-0.2, 0) is 26.3 Å². The number of para-hydroxylation sites is 1. The number of carbonyl (C=O) groups excluding carboxylic acids is 2. The summed E-state index contributed by atoms with van der Waals surface area (Å²) in [7, 11) is 1.36. The van der Waals surface area contributed by atoms with E-state index in [-0.39, 0.29) is 12.3 Å². The number of rotatable bonds is 5. The van der Waals surface area contributed by atoms with E-state index in [0.29, 0.717) is 6.54 Å². The van der Waals surface area contributed by atoms with Crippen LogP contribution in [0.4, 0.5) is 5.69 Å². The van der Waals surface area contributed by atoms with E-state index in [4.69, 9.17) is 4.74 Å². The first kappa shape index (κ1) is 18.0. The van der Waals surface area contributed by atoms with Gasteiger partial charge in [0.2, 0.25) is 5.91 Å². The van der Waals surface area contributed by atoms with E-state index in [9.17, 15) is 9.59 Å². The van der Waals surface area contributed by atoms with Crippen molar-refractivity contribution in [1.82, 2.24) is 0 Å². The van der Waals surface area contributed by atoms with Gasteiger partial charge in [-0.1, -0.05) is 78.9 Å². The minimum atomic E-state index is -1.08. The molecule has 0 spiro atoms. The minimum absolute atomic E-state index is 0.0331. The van der Waals surface area contributed by atoms with Gasteiger partial charge in [0.05, 0.1) is 20.1 Å². The Balaban J connectivity index is 1.88. The van der Waals surface area contributed by atoms with Gasteiger partial charge in [-0.05, 0) is 22.8 Å². The van der Waals surface area contributed by atoms with Crippen molar-refractivity contribution in [2.45, 2.75) is 18.4 Å². The van der Waals surface area contributed by atoms with Gasteiger partial charge >= 0.3 is 5.97 Å². The number of fused-ring (bicyclic) bond motifs is 1. The zero-order chi connectivity index (χ0) is 19.6. The van der Waals surface area contributed by atoms with Crippen LogP contribution in [0.25, 0.3) is 0 Å². The molecule has 140 valence electrons. The average molecular weight is 371 g/mol. The smallest absolute Gasteiger partial charge is 0.307 e. The monoisotopic (exact) mass is 371 g/mol. The molecule has 0 N–H and O–H groups in total. The second-order valence-electron chi connectivity index (χ2n) is 6.92. The third kappa shape index (κ3) is 2.87. The van der Waals surface area contributed by atoms with Gasteiger partial charge in [0.25, 0.3) is 0 Å². The summed E-state index contributed by atoms with van der Waals surface area (Å²) in [6.45, 7) is 0.451. The fourth-order valence-electron chi connectivity index (χ4n) is 4.01. The lowest BCUT2D eigenvalue weighted by molar-refractivity contribution is -0.143. The number of benzene rings is 3. The number of nitrogens with zero attached hydrogens (tertiary/aromatic N) is 1. The quantitative estimate of drug-likeness (QED) is 0.635. The van der Waals surface area contributed by atoms with E-state index >= 15 is 0 Å². The van der Waals surface area contributed by atoms with Crippen molar-refractivity contribution in [3.05, 3.63) is 102 Å². The molecule has 1 heterocycles. The van der Waals surface area contributed by atoms with Gasteiger partial charge in [0.15, 0.2) is 0 Å². The highest BCUT2D eigenvalue weighted by atomic mass is 16.5. The fourth-order valence-corrected chi connectivity index (χ4v) is 4.01. The molecule has 1 aliphatic heterocycles. The lowest BCUT2D eigenvalue weighted by Crippen LogP contribution is -2.42. The highest BCUT2D eigenvalue weighted by Gasteiger charge is 2.53. The summed E-state index contributed by atoms with van der Waals surface area (Å²) < 4.78 is 4.97. The van der Waals surface area contributed by atoms with Crippen LogP contribution in [0, 0.1) is 0 Å². The SMILES string of the molecule is COC(=O)C[C@@]1(c2ccccc2)C(=O)N(Cc2ccccc2)c2ccccc21. The molecule has 1 aliphatic rings. The molecule has 3 aromatic carbocycles. The number of ether oxygens (including phenoxy) is 1. The van der Waals surface area contributed by atoms with E-state index in [1.807, 2.05) is 84.9 Å². The predicted octanol–water partition coefficient (Wildman–Crippen LogP) is 4.08. The van der Waals surface area contributed by atoms with Gasteiger partial charge in [0.1, 0.15) is 5.41 Å². The number of anilines is 1. The van der Waals surface area contributed by atoms with Crippen LogP contribution >= 0.6 is 0 Å². The van der Waals surface area contributed by atoms with E-state index in [2.05, 4.69) is 0 Å². The Morgan fingerprint density at radius 1 is 0.893 bits per heavy atom. The molecule has 0 unspecified atom stereocenters. The molecule has 4 heteroatoms. The molecular formula is C24H21NO3. The van der Waals surface area contributed by atoms with E-state index in [1.165, 1.54) is 7.11 Å². The van der Waals surface area contributed by atoms with E-state index in [0.717, 1.165) is 22.4 Å². The van der Waals surface area contributed by atoms with Crippen LogP contribution in [0.5, 0.6) is 0 Å². The molecule has 0 radical (unpaired) electrons. The molecule has 1 amide bonds.